The molecular weight excluding hydrogens is 252 g/mol. The molecule has 19 heavy (non-hydrogen) atoms. The first-order valence-electron chi connectivity index (χ1n) is 8.40. The molecule has 0 spiro atoms. The van der Waals surface area contributed by atoms with E-state index in [1.165, 1.54) is 51.4 Å². The van der Waals surface area contributed by atoms with E-state index in [1.807, 2.05) is 14.2 Å². The standard InChI is InChI=1S/C16H28O2Si/c1-17-19(18-2,15-9-11-5-3-7-13(11)15)16-10-12-6-4-8-14(12)16/h11-16H,3-10H2,1-2H3. The number of hydrogen-bond acceptors (Lipinski definition) is 2. The van der Waals surface area contributed by atoms with Gasteiger partial charge < -0.3 is 8.85 Å². The van der Waals surface area contributed by atoms with Crippen LogP contribution >= 0.6 is 0 Å². The predicted octanol–water partition coefficient (Wildman–Crippen LogP) is 4.10. The summed E-state index contributed by atoms with van der Waals surface area (Å²) in [6, 6.07) is 0. The molecule has 0 heterocycles. The van der Waals surface area contributed by atoms with Crippen LogP contribution in [0.4, 0.5) is 0 Å². The first kappa shape index (κ1) is 12.8. The highest BCUT2D eigenvalue weighted by atomic mass is 28.4. The van der Waals surface area contributed by atoms with Crippen molar-refractivity contribution in [3.05, 3.63) is 0 Å². The van der Waals surface area contributed by atoms with Crippen LogP contribution in [0, 0.1) is 23.7 Å². The van der Waals surface area contributed by atoms with Crippen molar-refractivity contribution in [3.63, 3.8) is 0 Å². The minimum absolute atomic E-state index is 0.821. The number of hydrogen-bond donors (Lipinski definition) is 0. The van der Waals surface area contributed by atoms with Crippen molar-refractivity contribution in [3.8, 4) is 0 Å². The Bertz CT molecular complexity index is 325. The van der Waals surface area contributed by atoms with Gasteiger partial charge >= 0.3 is 8.56 Å². The van der Waals surface area contributed by atoms with Crippen molar-refractivity contribution in [2.24, 2.45) is 23.7 Å². The Morgan fingerprint density at radius 3 is 1.58 bits per heavy atom. The van der Waals surface area contributed by atoms with E-state index in [4.69, 9.17) is 8.85 Å². The summed E-state index contributed by atoms with van der Waals surface area (Å²) in [5.74, 6) is 3.99. The molecule has 4 saturated carbocycles. The average Bonchev–Trinajstić information content (AvgIpc) is 2.92. The Balaban J connectivity index is 1.56. The van der Waals surface area contributed by atoms with Gasteiger partial charge in [-0.3, -0.25) is 0 Å². The Kier molecular flexibility index (Phi) is 3.09. The van der Waals surface area contributed by atoms with Crippen LogP contribution in [-0.2, 0) is 8.85 Å². The molecule has 0 aliphatic heterocycles. The summed E-state index contributed by atoms with van der Waals surface area (Å²) in [5, 5.41) is 0. The van der Waals surface area contributed by atoms with Crippen LogP contribution in [0.1, 0.15) is 51.4 Å². The van der Waals surface area contributed by atoms with Crippen molar-refractivity contribution in [1.29, 1.82) is 0 Å². The second kappa shape index (κ2) is 4.57. The lowest BCUT2D eigenvalue weighted by Gasteiger charge is -2.57. The molecule has 4 fully saturated rings. The molecule has 0 radical (unpaired) electrons. The van der Waals surface area contributed by atoms with Crippen LogP contribution in [0.3, 0.4) is 0 Å². The molecule has 3 heteroatoms. The summed E-state index contributed by atoms with van der Waals surface area (Å²) in [4.78, 5) is 0. The van der Waals surface area contributed by atoms with Crippen molar-refractivity contribution in [2.75, 3.05) is 14.2 Å². The quantitative estimate of drug-likeness (QED) is 0.722. The second-order valence-corrected chi connectivity index (χ2v) is 11.3. The third-order valence-corrected chi connectivity index (χ3v) is 11.9. The minimum atomic E-state index is -1.95. The lowest BCUT2D eigenvalue weighted by Crippen LogP contribution is -2.61. The molecule has 108 valence electrons. The van der Waals surface area contributed by atoms with Crippen LogP contribution in [0.25, 0.3) is 0 Å². The molecule has 2 nitrogen and oxygen atoms in total. The third-order valence-electron chi connectivity index (χ3n) is 7.25. The Morgan fingerprint density at radius 1 is 0.737 bits per heavy atom. The van der Waals surface area contributed by atoms with Crippen LogP contribution in [0.2, 0.25) is 11.1 Å². The number of fused-ring (bicyclic) bond motifs is 2. The van der Waals surface area contributed by atoms with E-state index in [2.05, 4.69) is 0 Å². The van der Waals surface area contributed by atoms with Gasteiger partial charge in [0.1, 0.15) is 0 Å². The first-order chi connectivity index (χ1) is 9.30. The molecule has 0 aromatic heterocycles. The van der Waals surface area contributed by atoms with E-state index >= 15 is 0 Å². The van der Waals surface area contributed by atoms with E-state index in [0.29, 0.717) is 0 Å². The molecular formula is C16H28O2Si. The van der Waals surface area contributed by atoms with Gasteiger partial charge in [-0.15, -0.1) is 0 Å². The Morgan fingerprint density at radius 2 is 1.21 bits per heavy atom. The summed E-state index contributed by atoms with van der Waals surface area (Å²) in [6.45, 7) is 0. The van der Waals surface area contributed by atoms with Crippen LogP contribution in [0.15, 0.2) is 0 Å². The lowest BCUT2D eigenvalue weighted by atomic mass is 9.75. The molecule has 6 unspecified atom stereocenters. The monoisotopic (exact) mass is 280 g/mol. The number of rotatable bonds is 4. The van der Waals surface area contributed by atoms with Gasteiger partial charge in [-0.05, 0) is 36.5 Å². The first-order valence-corrected chi connectivity index (χ1v) is 10.4. The second-order valence-electron chi connectivity index (χ2n) is 7.52. The highest BCUT2D eigenvalue weighted by Crippen LogP contribution is 2.67. The molecule has 6 atom stereocenters. The van der Waals surface area contributed by atoms with Crippen LogP contribution in [-0.4, -0.2) is 22.8 Å². The maximum atomic E-state index is 6.23. The summed E-state index contributed by atoms with van der Waals surface area (Å²) < 4.78 is 12.5. The molecule has 0 aromatic rings. The molecule has 0 aromatic carbocycles. The Labute approximate surface area is 118 Å². The average molecular weight is 280 g/mol. The molecule has 0 amide bonds. The summed E-state index contributed by atoms with van der Waals surface area (Å²) in [6.07, 6.45) is 11.6. The van der Waals surface area contributed by atoms with Crippen molar-refractivity contribution in [2.45, 2.75) is 62.4 Å². The summed E-state index contributed by atoms with van der Waals surface area (Å²) in [7, 11) is 1.97. The van der Waals surface area contributed by atoms with Gasteiger partial charge in [0.2, 0.25) is 0 Å². The third kappa shape index (κ3) is 1.61. The van der Waals surface area contributed by atoms with Gasteiger partial charge in [-0.25, -0.2) is 0 Å². The van der Waals surface area contributed by atoms with E-state index in [0.717, 1.165) is 34.8 Å². The van der Waals surface area contributed by atoms with Crippen molar-refractivity contribution in [1.82, 2.24) is 0 Å². The largest absolute Gasteiger partial charge is 0.397 e. The van der Waals surface area contributed by atoms with Gasteiger partial charge in [-0.2, -0.15) is 0 Å². The van der Waals surface area contributed by atoms with E-state index in [9.17, 15) is 0 Å². The SMILES string of the molecule is CO[Si](OC)(C1CC2CCCC21)C1CC2CCCC21. The highest BCUT2D eigenvalue weighted by Gasteiger charge is 2.66. The molecule has 0 bridgehead atoms. The molecule has 4 aliphatic rings. The van der Waals surface area contributed by atoms with Gasteiger partial charge in [0.05, 0.1) is 0 Å². The highest BCUT2D eigenvalue weighted by molar-refractivity contribution is 6.71. The lowest BCUT2D eigenvalue weighted by molar-refractivity contribution is 0.0871. The molecule has 0 saturated heterocycles. The zero-order chi connectivity index (χ0) is 13.0. The maximum absolute atomic E-state index is 6.23. The zero-order valence-electron chi connectivity index (χ0n) is 12.4. The smallest absolute Gasteiger partial charge is 0.344 e. The van der Waals surface area contributed by atoms with Gasteiger partial charge in [0, 0.05) is 25.3 Å². The summed E-state index contributed by atoms with van der Waals surface area (Å²) >= 11 is 0. The molecule has 0 N–H and O–H groups in total. The van der Waals surface area contributed by atoms with E-state index < -0.39 is 8.56 Å². The van der Waals surface area contributed by atoms with Gasteiger partial charge in [0.25, 0.3) is 0 Å². The fraction of sp³-hybridized carbons (Fsp3) is 1.00. The van der Waals surface area contributed by atoms with Crippen LogP contribution < -0.4 is 0 Å². The van der Waals surface area contributed by atoms with Crippen LogP contribution in [0.5, 0.6) is 0 Å². The molecule has 4 rings (SSSR count). The van der Waals surface area contributed by atoms with E-state index in [-0.39, 0.29) is 0 Å². The Hall–Kier alpha value is 0.137. The maximum Gasteiger partial charge on any atom is 0.344 e. The fourth-order valence-corrected chi connectivity index (χ4v) is 11.5. The zero-order valence-corrected chi connectivity index (χ0v) is 13.4. The van der Waals surface area contributed by atoms with Gasteiger partial charge in [-0.1, -0.05) is 38.5 Å². The van der Waals surface area contributed by atoms with E-state index in [1.54, 1.807) is 0 Å². The topological polar surface area (TPSA) is 18.5 Å². The normalized spacial score (nSPS) is 48.3. The fourth-order valence-electron chi connectivity index (χ4n) is 6.28. The van der Waals surface area contributed by atoms with Crippen molar-refractivity contribution < 1.29 is 8.85 Å². The predicted molar refractivity (Wildman–Crippen MR) is 78.2 cm³/mol. The van der Waals surface area contributed by atoms with Crippen molar-refractivity contribution >= 4 is 8.56 Å². The molecule has 4 aliphatic carbocycles. The minimum Gasteiger partial charge on any atom is -0.397 e. The summed E-state index contributed by atoms with van der Waals surface area (Å²) in [5.41, 5.74) is 1.64. The van der Waals surface area contributed by atoms with Gasteiger partial charge in [0.15, 0.2) is 0 Å².